The van der Waals surface area contributed by atoms with Crippen LogP contribution in [0.1, 0.15) is 28.0 Å². The number of hydrogen-bond acceptors (Lipinski definition) is 5. The number of benzene rings is 1. The van der Waals surface area contributed by atoms with Crippen LogP contribution in [0.15, 0.2) is 41.5 Å². The van der Waals surface area contributed by atoms with Crippen molar-refractivity contribution >= 4 is 16.9 Å². The molecular formula is C18H17N5O2. The van der Waals surface area contributed by atoms with Crippen molar-refractivity contribution in [3.8, 4) is 0 Å². The molecular weight excluding hydrogens is 318 g/mol. The Morgan fingerprint density at radius 3 is 2.84 bits per heavy atom. The van der Waals surface area contributed by atoms with Crippen molar-refractivity contribution < 1.29 is 4.79 Å². The SMILES string of the molecule is O=C(NCCn1nc2c(cc1=O)CCC2)c1ccc2nccnc2c1. The molecule has 126 valence electrons. The number of amides is 1. The quantitative estimate of drug-likeness (QED) is 0.771. The van der Waals surface area contributed by atoms with Crippen molar-refractivity contribution in [1.82, 2.24) is 25.1 Å². The van der Waals surface area contributed by atoms with Crippen molar-refractivity contribution in [2.75, 3.05) is 6.54 Å². The number of aromatic nitrogens is 4. The molecule has 25 heavy (non-hydrogen) atoms. The molecule has 0 unspecified atom stereocenters. The molecule has 1 N–H and O–H groups in total. The van der Waals surface area contributed by atoms with Crippen molar-refractivity contribution in [2.24, 2.45) is 0 Å². The van der Waals surface area contributed by atoms with Gasteiger partial charge in [-0.3, -0.25) is 19.6 Å². The zero-order chi connectivity index (χ0) is 17.2. The molecule has 0 spiro atoms. The normalized spacial score (nSPS) is 13.0. The van der Waals surface area contributed by atoms with Crippen LogP contribution in [0.4, 0.5) is 0 Å². The Hall–Kier alpha value is -3.09. The van der Waals surface area contributed by atoms with Crippen molar-refractivity contribution in [1.29, 1.82) is 0 Å². The first-order chi connectivity index (χ1) is 12.2. The summed E-state index contributed by atoms with van der Waals surface area (Å²) in [6.07, 6.45) is 6.10. The van der Waals surface area contributed by atoms with Gasteiger partial charge >= 0.3 is 0 Å². The van der Waals surface area contributed by atoms with Crippen LogP contribution in [0.2, 0.25) is 0 Å². The molecule has 2 heterocycles. The third kappa shape index (κ3) is 3.13. The van der Waals surface area contributed by atoms with Crippen LogP contribution in [0, 0.1) is 0 Å². The standard InChI is InChI=1S/C18H17N5O2/c24-17-11-12-2-1-3-14(12)22-23(17)9-8-21-18(25)13-4-5-15-16(10-13)20-7-6-19-15/h4-7,10-11H,1-3,8-9H2,(H,21,25). The number of carbonyl (C=O) groups excluding carboxylic acids is 1. The average Bonchev–Trinajstić information content (AvgIpc) is 3.08. The summed E-state index contributed by atoms with van der Waals surface area (Å²) in [4.78, 5) is 32.7. The Morgan fingerprint density at radius 1 is 1.12 bits per heavy atom. The van der Waals surface area contributed by atoms with Crippen LogP contribution in [-0.2, 0) is 19.4 Å². The topological polar surface area (TPSA) is 89.8 Å². The van der Waals surface area contributed by atoms with E-state index in [0.29, 0.717) is 24.2 Å². The maximum atomic E-state index is 12.3. The minimum absolute atomic E-state index is 0.115. The lowest BCUT2D eigenvalue weighted by Crippen LogP contribution is -2.32. The van der Waals surface area contributed by atoms with Gasteiger partial charge < -0.3 is 5.32 Å². The van der Waals surface area contributed by atoms with Gasteiger partial charge in [-0.1, -0.05) is 0 Å². The number of nitrogens with zero attached hydrogens (tertiary/aromatic N) is 4. The van der Waals surface area contributed by atoms with Gasteiger partial charge in [-0.15, -0.1) is 0 Å². The molecule has 0 atom stereocenters. The molecule has 0 saturated carbocycles. The number of carbonyl (C=O) groups is 1. The molecule has 1 aromatic carbocycles. The van der Waals surface area contributed by atoms with E-state index >= 15 is 0 Å². The van der Waals surface area contributed by atoms with E-state index in [4.69, 9.17) is 0 Å². The largest absolute Gasteiger partial charge is 0.350 e. The highest BCUT2D eigenvalue weighted by Crippen LogP contribution is 2.16. The van der Waals surface area contributed by atoms with E-state index in [1.54, 1.807) is 36.7 Å². The molecule has 0 aliphatic heterocycles. The van der Waals surface area contributed by atoms with Crippen LogP contribution in [0.25, 0.3) is 11.0 Å². The predicted molar refractivity (Wildman–Crippen MR) is 92.4 cm³/mol. The second-order valence-electron chi connectivity index (χ2n) is 6.05. The summed E-state index contributed by atoms with van der Waals surface area (Å²) < 4.78 is 1.43. The zero-order valence-corrected chi connectivity index (χ0v) is 13.6. The van der Waals surface area contributed by atoms with Gasteiger partial charge in [-0.25, -0.2) is 4.68 Å². The third-order valence-electron chi connectivity index (χ3n) is 4.36. The van der Waals surface area contributed by atoms with Crippen LogP contribution >= 0.6 is 0 Å². The lowest BCUT2D eigenvalue weighted by atomic mass is 10.2. The smallest absolute Gasteiger partial charge is 0.267 e. The Morgan fingerprint density at radius 2 is 1.96 bits per heavy atom. The second-order valence-corrected chi connectivity index (χ2v) is 6.05. The molecule has 0 saturated heterocycles. The number of aryl methyl sites for hydroxylation is 2. The first kappa shape index (κ1) is 15.4. The van der Waals surface area contributed by atoms with Crippen LogP contribution in [0.3, 0.4) is 0 Å². The maximum absolute atomic E-state index is 12.3. The van der Waals surface area contributed by atoms with Gasteiger partial charge in [0.2, 0.25) is 0 Å². The number of nitrogens with one attached hydrogen (secondary N) is 1. The van der Waals surface area contributed by atoms with Crippen molar-refractivity contribution in [3.05, 3.63) is 63.8 Å². The zero-order valence-electron chi connectivity index (χ0n) is 13.6. The summed E-state index contributed by atoms with van der Waals surface area (Å²) in [5.74, 6) is -0.207. The molecule has 7 nitrogen and oxygen atoms in total. The Kier molecular flexibility index (Phi) is 3.97. The van der Waals surface area contributed by atoms with Gasteiger partial charge in [-0.2, -0.15) is 5.10 Å². The number of rotatable bonds is 4. The summed E-state index contributed by atoms with van der Waals surface area (Å²) in [7, 11) is 0. The van der Waals surface area contributed by atoms with Gasteiger partial charge in [0.1, 0.15) is 0 Å². The molecule has 1 amide bonds. The molecule has 4 rings (SSSR count). The molecule has 7 heteroatoms. The van der Waals surface area contributed by atoms with Gasteiger partial charge in [0, 0.05) is 30.6 Å². The minimum Gasteiger partial charge on any atom is -0.350 e. The van der Waals surface area contributed by atoms with Crippen LogP contribution in [-0.4, -0.2) is 32.2 Å². The minimum atomic E-state index is -0.207. The average molecular weight is 335 g/mol. The second kappa shape index (κ2) is 6.43. The number of hydrogen-bond donors (Lipinski definition) is 1. The Labute approximate surface area is 143 Å². The summed E-state index contributed by atoms with van der Waals surface area (Å²) in [5, 5.41) is 7.22. The van der Waals surface area contributed by atoms with Crippen LogP contribution < -0.4 is 10.9 Å². The monoisotopic (exact) mass is 335 g/mol. The molecule has 2 aromatic heterocycles. The fourth-order valence-electron chi connectivity index (χ4n) is 3.08. The van der Waals surface area contributed by atoms with Gasteiger partial charge in [0.25, 0.3) is 11.5 Å². The molecule has 0 radical (unpaired) electrons. The first-order valence-electron chi connectivity index (χ1n) is 8.29. The van der Waals surface area contributed by atoms with E-state index in [0.717, 1.165) is 36.0 Å². The lowest BCUT2D eigenvalue weighted by Gasteiger charge is -2.08. The van der Waals surface area contributed by atoms with Gasteiger partial charge in [-0.05, 0) is 43.0 Å². The fraction of sp³-hybridized carbons (Fsp3) is 0.278. The lowest BCUT2D eigenvalue weighted by molar-refractivity contribution is 0.0952. The van der Waals surface area contributed by atoms with Crippen LogP contribution in [0.5, 0.6) is 0 Å². The summed E-state index contributed by atoms with van der Waals surface area (Å²) in [5.41, 5.74) is 3.87. The van der Waals surface area contributed by atoms with E-state index in [-0.39, 0.29) is 11.5 Å². The Bertz CT molecular complexity index is 1010. The Balaban J connectivity index is 1.42. The highest BCUT2D eigenvalue weighted by Gasteiger charge is 2.14. The predicted octanol–water partition coefficient (Wildman–Crippen LogP) is 1.11. The molecule has 0 fully saturated rings. The molecule has 1 aliphatic rings. The van der Waals surface area contributed by atoms with Gasteiger partial charge in [0.15, 0.2) is 0 Å². The van der Waals surface area contributed by atoms with E-state index in [1.807, 2.05) is 0 Å². The van der Waals surface area contributed by atoms with E-state index in [1.165, 1.54) is 4.68 Å². The number of fused-ring (bicyclic) bond motifs is 2. The van der Waals surface area contributed by atoms with E-state index < -0.39 is 0 Å². The molecule has 3 aromatic rings. The van der Waals surface area contributed by atoms with Crippen molar-refractivity contribution in [3.63, 3.8) is 0 Å². The van der Waals surface area contributed by atoms with E-state index in [9.17, 15) is 9.59 Å². The summed E-state index contributed by atoms with van der Waals surface area (Å²) in [6, 6.07) is 6.85. The summed E-state index contributed by atoms with van der Waals surface area (Å²) in [6.45, 7) is 0.689. The third-order valence-corrected chi connectivity index (χ3v) is 4.36. The van der Waals surface area contributed by atoms with E-state index in [2.05, 4.69) is 20.4 Å². The summed E-state index contributed by atoms with van der Waals surface area (Å²) >= 11 is 0. The first-order valence-corrected chi connectivity index (χ1v) is 8.29. The highest BCUT2D eigenvalue weighted by molar-refractivity contribution is 5.97. The molecule has 1 aliphatic carbocycles. The molecule has 0 bridgehead atoms. The fourth-order valence-corrected chi connectivity index (χ4v) is 3.08. The highest BCUT2D eigenvalue weighted by atomic mass is 16.1. The van der Waals surface area contributed by atoms with Crippen molar-refractivity contribution in [2.45, 2.75) is 25.8 Å². The maximum Gasteiger partial charge on any atom is 0.267 e. The van der Waals surface area contributed by atoms with Gasteiger partial charge in [0.05, 0.1) is 23.3 Å².